The van der Waals surface area contributed by atoms with Gasteiger partial charge in [-0.3, -0.25) is 0 Å². The zero-order valence-corrected chi connectivity index (χ0v) is 12.6. The van der Waals surface area contributed by atoms with Gasteiger partial charge in [0.05, 0.1) is 0 Å². The van der Waals surface area contributed by atoms with E-state index in [0.717, 1.165) is 16.1 Å². The number of halogens is 2. The number of benzene rings is 1. The second kappa shape index (κ2) is 5.65. The molecule has 2 rings (SSSR count). The van der Waals surface area contributed by atoms with Crippen LogP contribution in [-0.2, 0) is 0 Å². The number of nitrogens with zero attached hydrogens (tertiary/aromatic N) is 2. The molecule has 19 heavy (non-hydrogen) atoms. The number of nitrogens with one attached hydrogen (secondary N) is 1. The summed E-state index contributed by atoms with van der Waals surface area (Å²) in [7, 11) is 0. The third-order valence-electron chi connectivity index (χ3n) is 2.66. The van der Waals surface area contributed by atoms with Crippen LogP contribution in [0.25, 0.3) is 0 Å². The number of anilines is 2. The van der Waals surface area contributed by atoms with Crippen molar-refractivity contribution in [2.24, 2.45) is 0 Å². The van der Waals surface area contributed by atoms with Gasteiger partial charge in [-0.05, 0) is 46.6 Å². The van der Waals surface area contributed by atoms with Crippen molar-refractivity contribution in [2.45, 2.75) is 26.7 Å². The van der Waals surface area contributed by atoms with Gasteiger partial charge in [-0.15, -0.1) is 0 Å². The Morgan fingerprint density at radius 1 is 1.21 bits per heavy atom. The number of aromatic nitrogens is 2. The highest BCUT2D eigenvalue weighted by Crippen LogP contribution is 2.22. The Bertz CT molecular complexity index is 599. The molecule has 0 fully saturated rings. The Balaban J connectivity index is 2.29. The lowest BCUT2D eigenvalue weighted by molar-refractivity contribution is 0.619. The fraction of sp³-hybridized carbons (Fsp3) is 0.286. The van der Waals surface area contributed by atoms with Gasteiger partial charge >= 0.3 is 0 Å². The van der Waals surface area contributed by atoms with Gasteiger partial charge in [0.15, 0.2) is 0 Å². The van der Waals surface area contributed by atoms with Crippen LogP contribution in [0.15, 0.2) is 28.9 Å². The highest BCUT2D eigenvalue weighted by Gasteiger charge is 2.07. The van der Waals surface area contributed by atoms with E-state index in [2.05, 4.69) is 31.2 Å². The summed E-state index contributed by atoms with van der Waals surface area (Å²) in [5.41, 5.74) is 1.40. The molecule has 0 saturated carbocycles. The average Bonchev–Trinajstić information content (AvgIpc) is 2.33. The zero-order valence-electron chi connectivity index (χ0n) is 11.0. The monoisotopic (exact) mass is 323 g/mol. The molecule has 5 heteroatoms. The van der Waals surface area contributed by atoms with Crippen LogP contribution in [0, 0.1) is 12.7 Å². The fourth-order valence-electron chi connectivity index (χ4n) is 1.63. The van der Waals surface area contributed by atoms with E-state index in [1.807, 2.05) is 13.8 Å². The molecule has 0 radical (unpaired) electrons. The summed E-state index contributed by atoms with van der Waals surface area (Å²) in [4.78, 5) is 8.75. The van der Waals surface area contributed by atoms with E-state index < -0.39 is 0 Å². The van der Waals surface area contributed by atoms with Gasteiger partial charge in [0, 0.05) is 17.7 Å². The van der Waals surface area contributed by atoms with E-state index >= 15 is 0 Å². The summed E-state index contributed by atoms with van der Waals surface area (Å²) >= 11 is 3.37. The van der Waals surface area contributed by atoms with Crippen molar-refractivity contribution in [1.29, 1.82) is 0 Å². The number of rotatable bonds is 3. The first-order chi connectivity index (χ1) is 8.95. The van der Waals surface area contributed by atoms with Crippen LogP contribution in [0.5, 0.6) is 0 Å². The van der Waals surface area contributed by atoms with E-state index in [1.165, 1.54) is 6.07 Å². The van der Waals surface area contributed by atoms with Crippen molar-refractivity contribution in [3.63, 3.8) is 0 Å². The van der Waals surface area contributed by atoms with Gasteiger partial charge < -0.3 is 5.32 Å². The summed E-state index contributed by atoms with van der Waals surface area (Å²) in [6, 6.07) is 6.68. The van der Waals surface area contributed by atoms with Crippen molar-refractivity contribution < 1.29 is 4.39 Å². The van der Waals surface area contributed by atoms with E-state index in [9.17, 15) is 4.39 Å². The third kappa shape index (κ3) is 3.50. The maximum atomic E-state index is 13.2. The Morgan fingerprint density at radius 2 is 1.95 bits per heavy atom. The molecule has 1 aromatic heterocycles. The second-order valence-electron chi connectivity index (χ2n) is 4.68. The first-order valence-corrected chi connectivity index (χ1v) is 6.82. The summed E-state index contributed by atoms with van der Waals surface area (Å²) in [6.07, 6.45) is 0. The Hall–Kier alpha value is -1.49. The molecule has 1 aromatic carbocycles. The lowest BCUT2D eigenvalue weighted by Gasteiger charge is -2.10. The van der Waals surface area contributed by atoms with E-state index in [-0.39, 0.29) is 11.7 Å². The third-order valence-corrected chi connectivity index (χ3v) is 3.07. The van der Waals surface area contributed by atoms with E-state index in [0.29, 0.717) is 11.4 Å². The normalized spacial score (nSPS) is 10.8. The second-order valence-corrected chi connectivity index (χ2v) is 5.49. The van der Waals surface area contributed by atoms with Crippen molar-refractivity contribution in [3.8, 4) is 0 Å². The molecular formula is C14H15BrFN3. The lowest BCUT2D eigenvalue weighted by atomic mass is 10.2. The fourth-order valence-corrected chi connectivity index (χ4v) is 2.03. The molecule has 100 valence electrons. The van der Waals surface area contributed by atoms with Gasteiger partial charge in [0.1, 0.15) is 22.1 Å². The highest BCUT2D eigenvalue weighted by atomic mass is 79.9. The van der Waals surface area contributed by atoms with Crippen LogP contribution in [-0.4, -0.2) is 9.97 Å². The largest absolute Gasteiger partial charge is 0.340 e. The standard InChI is InChI=1S/C14H15BrFN3/c1-8(2)14-18-12(15)7-13(19-14)17-10-4-5-11(16)9(3)6-10/h4-8H,1-3H3,(H,17,18,19). The minimum absolute atomic E-state index is 0.211. The van der Waals surface area contributed by atoms with Crippen LogP contribution in [0.2, 0.25) is 0 Å². The predicted octanol–water partition coefficient (Wildman–Crippen LogP) is 4.55. The Morgan fingerprint density at radius 3 is 2.58 bits per heavy atom. The first-order valence-electron chi connectivity index (χ1n) is 6.03. The van der Waals surface area contributed by atoms with E-state index in [4.69, 9.17) is 0 Å². The van der Waals surface area contributed by atoms with Crippen molar-refractivity contribution in [3.05, 3.63) is 46.1 Å². The smallest absolute Gasteiger partial charge is 0.135 e. The molecule has 0 atom stereocenters. The molecule has 2 aromatic rings. The Kier molecular flexibility index (Phi) is 4.14. The van der Waals surface area contributed by atoms with Crippen molar-refractivity contribution in [1.82, 2.24) is 9.97 Å². The molecular weight excluding hydrogens is 309 g/mol. The van der Waals surface area contributed by atoms with Crippen molar-refractivity contribution in [2.75, 3.05) is 5.32 Å². The van der Waals surface area contributed by atoms with Gasteiger partial charge in [0.2, 0.25) is 0 Å². The lowest BCUT2D eigenvalue weighted by Crippen LogP contribution is -2.02. The highest BCUT2D eigenvalue weighted by molar-refractivity contribution is 9.10. The van der Waals surface area contributed by atoms with Crippen LogP contribution < -0.4 is 5.32 Å². The molecule has 0 spiro atoms. The molecule has 0 bridgehead atoms. The molecule has 0 aliphatic carbocycles. The SMILES string of the molecule is Cc1cc(Nc2cc(Br)nc(C(C)C)n2)ccc1F. The van der Waals surface area contributed by atoms with Gasteiger partial charge in [-0.25, -0.2) is 14.4 Å². The van der Waals surface area contributed by atoms with Crippen LogP contribution in [0.1, 0.15) is 31.2 Å². The quantitative estimate of drug-likeness (QED) is 0.842. The maximum absolute atomic E-state index is 13.2. The number of hydrogen-bond acceptors (Lipinski definition) is 3. The maximum Gasteiger partial charge on any atom is 0.135 e. The van der Waals surface area contributed by atoms with Crippen LogP contribution in [0.3, 0.4) is 0 Å². The zero-order chi connectivity index (χ0) is 14.0. The van der Waals surface area contributed by atoms with Crippen LogP contribution >= 0.6 is 15.9 Å². The van der Waals surface area contributed by atoms with Crippen molar-refractivity contribution >= 4 is 27.4 Å². The first kappa shape index (κ1) is 13.9. The molecule has 0 amide bonds. The number of hydrogen-bond donors (Lipinski definition) is 1. The molecule has 0 aliphatic rings. The minimum atomic E-state index is -0.211. The predicted molar refractivity (Wildman–Crippen MR) is 78.2 cm³/mol. The molecule has 0 aliphatic heterocycles. The molecule has 0 unspecified atom stereocenters. The van der Waals surface area contributed by atoms with Gasteiger partial charge in [0.25, 0.3) is 0 Å². The summed E-state index contributed by atoms with van der Waals surface area (Å²) in [5.74, 6) is 1.48. The van der Waals surface area contributed by atoms with Gasteiger partial charge in [-0.1, -0.05) is 13.8 Å². The summed E-state index contributed by atoms with van der Waals surface area (Å²) < 4.78 is 13.9. The van der Waals surface area contributed by atoms with Gasteiger partial charge in [-0.2, -0.15) is 0 Å². The number of aryl methyl sites for hydroxylation is 1. The molecule has 1 N–H and O–H groups in total. The molecule has 1 heterocycles. The van der Waals surface area contributed by atoms with Crippen LogP contribution in [0.4, 0.5) is 15.9 Å². The molecule has 0 saturated heterocycles. The average molecular weight is 324 g/mol. The Labute approximate surface area is 120 Å². The summed E-state index contributed by atoms with van der Waals surface area (Å²) in [5, 5.41) is 3.16. The molecule has 3 nitrogen and oxygen atoms in total. The summed E-state index contributed by atoms with van der Waals surface area (Å²) in [6.45, 7) is 5.80. The van der Waals surface area contributed by atoms with E-state index in [1.54, 1.807) is 25.1 Å². The minimum Gasteiger partial charge on any atom is -0.340 e. The topological polar surface area (TPSA) is 37.8 Å².